The van der Waals surface area contributed by atoms with Gasteiger partial charge in [0.1, 0.15) is 11.5 Å². The minimum Gasteiger partial charge on any atom is -0.477 e. The van der Waals surface area contributed by atoms with Gasteiger partial charge in [0.05, 0.1) is 17.9 Å². The molecule has 0 bridgehead atoms. The topological polar surface area (TPSA) is 62.2 Å². The molecule has 0 saturated heterocycles. The molecule has 0 aliphatic rings. The standard InChI is InChI=1S/C13H10ClFN2O2/c14-8-4-5-11(10(15)6-8)16-7-9-2-1-3-12(17-9)13(18)19/h1-6,16H,7H2,(H,18,19). The molecule has 1 heterocycles. The van der Waals surface area contributed by atoms with E-state index in [9.17, 15) is 9.18 Å². The Hall–Kier alpha value is -2.14. The Labute approximate surface area is 113 Å². The molecule has 0 spiro atoms. The number of pyridine rings is 1. The molecule has 0 unspecified atom stereocenters. The summed E-state index contributed by atoms with van der Waals surface area (Å²) in [6.07, 6.45) is 0. The Morgan fingerprint density at radius 3 is 2.84 bits per heavy atom. The molecule has 0 saturated carbocycles. The summed E-state index contributed by atoms with van der Waals surface area (Å²) in [5.74, 6) is -1.57. The van der Waals surface area contributed by atoms with Gasteiger partial charge < -0.3 is 10.4 Å². The molecule has 4 nitrogen and oxygen atoms in total. The van der Waals surface area contributed by atoms with Crippen LogP contribution in [0, 0.1) is 5.82 Å². The van der Waals surface area contributed by atoms with Crippen LogP contribution in [0.2, 0.25) is 5.02 Å². The normalized spacial score (nSPS) is 10.2. The van der Waals surface area contributed by atoms with Gasteiger partial charge in [-0.25, -0.2) is 14.2 Å². The second-order valence-corrected chi connectivity index (χ2v) is 4.23. The van der Waals surface area contributed by atoms with E-state index in [0.29, 0.717) is 10.7 Å². The predicted octanol–water partition coefficient (Wildman–Crippen LogP) is 3.18. The van der Waals surface area contributed by atoms with Crippen LogP contribution in [0.4, 0.5) is 10.1 Å². The van der Waals surface area contributed by atoms with Gasteiger partial charge in [-0.1, -0.05) is 17.7 Å². The Balaban J connectivity index is 2.10. The van der Waals surface area contributed by atoms with Gasteiger partial charge in [0.15, 0.2) is 0 Å². The first kappa shape index (κ1) is 13.3. The third kappa shape index (κ3) is 3.42. The largest absolute Gasteiger partial charge is 0.477 e. The summed E-state index contributed by atoms with van der Waals surface area (Å²) in [5, 5.41) is 12.0. The lowest BCUT2D eigenvalue weighted by Gasteiger charge is -2.07. The lowest BCUT2D eigenvalue weighted by Crippen LogP contribution is -2.07. The number of aromatic carboxylic acids is 1. The molecule has 0 fully saturated rings. The van der Waals surface area contributed by atoms with Crippen molar-refractivity contribution in [3.63, 3.8) is 0 Å². The number of halogens is 2. The van der Waals surface area contributed by atoms with E-state index in [1.807, 2.05) is 0 Å². The van der Waals surface area contributed by atoms with Crippen molar-refractivity contribution < 1.29 is 14.3 Å². The van der Waals surface area contributed by atoms with Crippen molar-refractivity contribution in [1.29, 1.82) is 0 Å². The van der Waals surface area contributed by atoms with Crippen molar-refractivity contribution in [2.24, 2.45) is 0 Å². The summed E-state index contributed by atoms with van der Waals surface area (Å²) in [5.41, 5.74) is 0.747. The predicted molar refractivity (Wildman–Crippen MR) is 69.9 cm³/mol. The Morgan fingerprint density at radius 1 is 1.37 bits per heavy atom. The number of carboxylic acids is 1. The van der Waals surface area contributed by atoms with Crippen molar-refractivity contribution in [2.75, 3.05) is 5.32 Å². The zero-order valence-electron chi connectivity index (χ0n) is 9.73. The molecule has 19 heavy (non-hydrogen) atoms. The van der Waals surface area contributed by atoms with E-state index >= 15 is 0 Å². The first-order chi connectivity index (χ1) is 9.06. The zero-order chi connectivity index (χ0) is 13.8. The average Bonchev–Trinajstić information content (AvgIpc) is 2.38. The van der Waals surface area contributed by atoms with Crippen LogP contribution in [-0.4, -0.2) is 16.1 Å². The monoisotopic (exact) mass is 280 g/mol. The van der Waals surface area contributed by atoms with Crippen LogP contribution in [0.3, 0.4) is 0 Å². The highest BCUT2D eigenvalue weighted by molar-refractivity contribution is 6.30. The van der Waals surface area contributed by atoms with Gasteiger partial charge >= 0.3 is 5.97 Å². The third-order valence-electron chi connectivity index (χ3n) is 2.42. The van der Waals surface area contributed by atoms with Crippen LogP contribution in [0.1, 0.15) is 16.2 Å². The number of carboxylic acid groups (broad SMARTS) is 1. The molecule has 0 amide bonds. The lowest BCUT2D eigenvalue weighted by atomic mass is 10.2. The Bertz CT molecular complexity index is 619. The number of hydrogen-bond donors (Lipinski definition) is 2. The third-order valence-corrected chi connectivity index (χ3v) is 2.65. The van der Waals surface area contributed by atoms with Gasteiger partial charge in [-0.05, 0) is 30.3 Å². The zero-order valence-corrected chi connectivity index (χ0v) is 10.5. The van der Waals surface area contributed by atoms with Crippen LogP contribution in [0.5, 0.6) is 0 Å². The van der Waals surface area contributed by atoms with Crippen molar-refractivity contribution in [3.05, 3.63) is 58.6 Å². The van der Waals surface area contributed by atoms with Crippen LogP contribution in [0.25, 0.3) is 0 Å². The minimum absolute atomic E-state index is 0.0455. The number of nitrogens with zero attached hydrogens (tertiary/aromatic N) is 1. The molecule has 2 N–H and O–H groups in total. The second-order valence-electron chi connectivity index (χ2n) is 3.80. The lowest BCUT2D eigenvalue weighted by molar-refractivity contribution is 0.0690. The summed E-state index contributed by atoms with van der Waals surface area (Å²) < 4.78 is 13.5. The van der Waals surface area contributed by atoms with Crippen molar-refractivity contribution in [1.82, 2.24) is 4.98 Å². The van der Waals surface area contributed by atoms with Gasteiger partial charge in [-0.3, -0.25) is 0 Å². The SMILES string of the molecule is O=C(O)c1cccc(CNc2ccc(Cl)cc2F)n1. The molecule has 98 valence electrons. The van der Waals surface area contributed by atoms with Crippen molar-refractivity contribution in [3.8, 4) is 0 Å². The quantitative estimate of drug-likeness (QED) is 0.903. The number of nitrogens with one attached hydrogen (secondary N) is 1. The van der Waals surface area contributed by atoms with Crippen molar-refractivity contribution in [2.45, 2.75) is 6.54 Å². The van der Waals surface area contributed by atoms with Gasteiger partial charge in [0.2, 0.25) is 0 Å². The smallest absolute Gasteiger partial charge is 0.354 e. The maximum absolute atomic E-state index is 13.5. The van der Waals surface area contributed by atoms with E-state index in [1.165, 1.54) is 18.2 Å². The highest BCUT2D eigenvalue weighted by Gasteiger charge is 2.06. The molecule has 2 aromatic rings. The molecule has 1 aromatic carbocycles. The van der Waals surface area contributed by atoms with Crippen LogP contribution in [0.15, 0.2) is 36.4 Å². The first-order valence-corrected chi connectivity index (χ1v) is 5.82. The number of carbonyl (C=O) groups is 1. The molecule has 0 aliphatic heterocycles. The number of aromatic nitrogens is 1. The van der Waals surface area contributed by atoms with E-state index in [2.05, 4.69) is 10.3 Å². The maximum Gasteiger partial charge on any atom is 0.354 e. The highest BCUT2D eigenvalue weighted by atomic mass is 35.5. The molecule has 0 atom stereocenters. The van der Waals surface area contributed by atoms with E-state index in [-0.39, 0.29) is 17.9 Å². The summed E-state index contributed by atoms with van der Waals surface area (Å²) >= 11 is 5.64. The Kier molecular flexibility index (Phi) is 3.97. The molecular weight excluding hydrogens is 271 g/mol. The van der Waals surface area contributed by atoms with Crippen molar-refractivity contribution >= 4 is 23.3 Å². The molecule has 0 radical (unpaired) electrons. The fourth-order valence-corrected chi connectivity index (χ4v) is 1.67. The molecule has 6 heteroatoms. The fourth-order valence-electron chi connectivity index (χ4n) is 1.52. The fraction of sp³-hybridized carbons (Fsp3) is 0.0769. The van der Waals surface area contributed by atoms with Gasteiger partial charge in [-0.2, -0.15) is 0 Å². The molecular formula is C13H10ClFN2O2. The minimum atomic E-state index is -1.10. The van der Waals surface area contributed by atoms with Gasteiger partial charge in [0, 0.05) is 5.02 Å². The summed E-state index contributed by atoms with van der Waals surface area (Å²) in [4.78, 5) is 14.7. The molecule has 0 aliphatic carbocycles. The van der Waals surface area contributed by atoms with E-state index in [0.717, 1.165) is 0 Å². The summed E-state index contributed by atoms with van der Waals surface area (Å²) in [6.45, 7) is 0.222. The number of anilines is 1. The number of benzene rings is 1. The van der Waals surface area contributed by atoms with Crippen LogP contribution >= 0.6 is 11.6 Å². The van der Waals surface area contributed by atoms with Gasteiger partial charge in [-0.15, -0.1) is 0 Å². The van der Waals surface area contributed by atoms with E-state index in [1.54, 1.807) is 18.2 Å². The second kappa shape index (κ2) is 5.67. The maximum atomic E-state index is 13.5. The Morgan fingerprint density at radius 2 is 2.16 bits per heavy atom. The average molecular weight is 281 g/mol. The van der Waals surface area contributed by atoms with Crippen LogP contribution in [-0.2, 0) is 6.54 Å². The summed E-state index contributed by atoms with van der Waals surface area (Å²) in [6, 6.07) is 8.92. The molecule has 1 aromatic heterocycles. The first-order valence-electron chi connectivity index (χ1n) is 5.44. The highest BCUT2D eigenvalue weighted by Crippen LogP contribution is 2.19. The molecule has 2 rings (SSSR count). The van der Waals surface area contributed by atoms with E-state index < -0.39 is 11.8 Å². The van der Waals surface area contributed by atoms with Crippen LogP contribution < -0.4 is 5.32 Å². The number of hydrogen-bond acceptors (Lipinski definition) is 3. The number of rotatable bonds is 4. The van der Waals surface area contributed by atoms with E-state index in [4.69, 9.17) is 16.7 Å². The summed E-state index contributed by atoms with van der Waals surface area (Å²) in [7, 11) is 0. The van der Waals surface area contributed by atoms with Gasteiger partial charge in [0.25, 0.3) is 0 Å².